The number of rotatable bonds is 1. The summed E-state index contributed by atoms with van der Waals surface area (Å²) in [5.74, 6) is -0.0607. The number of aromatic amines is 1. The van der Waals surface area contributed by atoms with Gasteiger partial charge in [0, 0.05) is 25.2 Å². The Kier molecular flexibility index (Phi) is 3.47. The Balaban J connectivity index is 1.84. The fraction of sp³-hybridized carbons (Fsp3) is 0.357. The van der Waals surface area contributed by atoms with Crippen molar-refractivity contribution in [1.29, 1.82) is 0 Å². The molecule has 7 nitrogen and oxygen atoms in total. The number of carbonyl (C=O) groups excluding carboxylic acids is 1. The van der Waals surface area contributed by atoms with Crippen molar-refractivity contribution in [3.05, 3.63) is 28.6 Å². The van der Waals surface area contributed by atoms with Gasteiger partial charge in [-0.2, -0.15) is 4.98 Å². The second kappa shape index (κ2) is 5.43. The van der Waals surface area contributed by atoms with Crippen LogP contribution in [0, 0.1) is 0 Å². The van der Waals surface area contributed by atoms with E-state index in [2.05, 4.69) is 9.97 Å². The highest BCUT2D eigenvalue weighted by atomic mass is 16.6. The molecule has 0 aliphatic carbocycles. The molecule has 0 aromatic carbocycles. The summed E-state index contributed by atoms with van der Waals surface area (Å²) in [6, 6.07) is 4.11. The molecule has 3 rings (SSSR count). The first-order valence-corrected chi connectivity index (χ1v) is 6.83. The second-order valence-corrected chi connectivity index (χ2v) is 4.98. The molecule has 0 bridgehead atoms. The number of nitrogens with zero attached hydrogens (tertiary/aromatic N) is 2. The number of carbonyl (C=O) groups is 1. The normalized spacial score (nSPS) is 15.1. The van der Waals surface area contributed by atoms with Crippen molar-refractivity contribution in [2.24, 2.45) is 0 Å². The van der Waals surface area contributed by atoms with E-state index in [-0.39, 0.29) is 17.3 Å². The topological polar surface area (TPSA) is 95.5 Å². The number of aromatic hydroxyl groups is 1. The number of amides is 1. The summed E-state index contributed by atoms with van der Waals surface area (Å²) in [5.41, 5.74) is -0.282. The van der Waals surface area contributed by atoms with Crippen molar-refractivity contribution < 1.29 is 14.6 Å². The molecule has 2 N–H and O–H groups in total. The maximum Gasteiger partial charge on any atom is 0.416 e. The molecule has 1 aliphatic heterocycles. The van der Waals surface area contributed by atoms with E-state index < -0.39 is 11.7 Å². The van der Waals surface area contributed by atoms with Crippen molar-refractivity contribution in [1.82, 2.24) is 14.9 Å². The molecule has 1 fully saturated rings. The van der Waals surface area contributed by atoms with Crippen LogP contribution >= 0.6 is 0 Å². The minimum absolute atomic E-state index is 0.0966. The molecule has 1 amide bonds. The molecule has 0 unspecified atom stereocenters. The molecule has 0 spiro atoms. The van der Waals surface area contributed by atoms with Crippen molar-refractivity contribution in [2.75, 3.05) is 13.1 Å². The van der Waals surface area contributed by atoms with Crippen LogP contribution in [0.4, 0.5) is 4.79 Å². The zero-order valence-corrected chi connectivity index (χ0v) is 11.3. The SMILES string of the molecule is O=C(Oc1ccc2c(O)cc(=O)[nH]c2n1)N1CCCCC1. The van der Waals surface area contributed by atoms with E-state index in [1.54, 1.807) is 11.0 Å². The number of piperidine rings is 1. The Morgan fingerprint density at radius 1 is 1.29 bits per heavy atom. The quantitative estimate of drug-likeness (QED) is 0.831. The predicted octanol–water partition coefficient (Wildman–Crippen LogP) is 1.61. The van der Waals surface area contributed by atoms with Crippen LogP contribution in [0.5, 0.6) is 11.6 Å². The fourth-order valence-corrected chi connectivity index (χ4v) is 2.39. The average Bonchev–Trinajstić information content (AvgIpc) is 2.47. The summed E-state index contributed by atoms with van der Waals surface area (Å²) in [4.78, 5) is 31.5. The van der Waals surface area contributed by atoms with E-state index >= 15 is 0 Å². The van der Waals surface area contributed by atoms with Gasteiger partial charge in [0.15, 0.2) is 0 Å². The molecule has 1 aliphatic rings. The molecule has 2 aromatic heterocycles. The molecule has 7 heteroatoms. The number of H-pyrrole nitrogens is 1. The Morgan fingerprint density at radius 3 is 2.81 bits per heavy atom. The van der Waals surface area contributed by atoms with Crippen molar-refractivity contribution in [3.63, 3.8) is 0 Å². The van der Waals surface area contributed by atoms with Gasteiger partial charge in [-0.15, -0.1) is 0 Å². The maximum atomic E-state index is 12.0. The first kappa shape index (κ1) is 13.4. The van der Waals surface area contributed by atoms with Gasteiger partial charge in [0.2, 0.25) is 5.88 Å². The zero-order chi connectivity index (χ0) is 14.8. The standard InChI is InChI=1S/C14H15N3O4/c18-10-8-11(19)15-13-9(10)4-5-12(16-13)21-14(20)17-6-2-1-3-7-17/h4-5,8H,1-3,6-7H2,(H2,15,16,18,19). The average molecular weight is 289 g/mol. The number of nitrogens with one attached hydrogen (secondary N) is 1. The summed E-state index contributed by atoms with van der Waals surface area (Å²) in [5, 5.41) is 10.0. The van der Waals surface area contributed by atoms with Gasteiger partial charge < -0.3 is 19.7 Å². The third kappa shape index (κ3) is 2.81. The maximum absolute atomic E-state index is 12.0. The minimum Gasteiger partial charge on any atom is -0.507 e. The van der Waals surface area contributed by atoms with E-state index in [0.29, 0.717) is 18.5 Å². The van der Waals surface area contributed by atoms with E-state index in [1.807, 2.05) is 0 Å². The van der Waals surface area contributed by atoms with Crippen molar-refractivity contribution >= 4 is 17.1 Å². The van der Waals surface area contributed by atoms with Gasteiger partial charge in [0.25, 0.3) is 5.56 Å². The summed E-state index contributed by atoms with van der Waals surface area (Å²) in [6.45, 7) is 1.37. The Hall–Kier alpha value is -2.57. The van der Waals surface area contributed by atoms with Gasteiger partial charge in [0.05, 0.1) is 5.39 Å². The van der Waals surface area contributed by atoms with Crippen LogP contribution in [0.3, 0.4) is 0 Å². The molecule has 3 heterocycles. The van der Waals surface area contributed by atoms with Crippen LogP contribution in [-0.4, -0.2) is 39.2 Å². The van der Waals surface area contributed by atoms with Crippen LogP contribution in [-0.2, 0) is 0 Å². The lowest BCUT2D eigenvalue weighted by molar-refractivity contribution is 0.141. The van der Waals surface area contributed by atoms with Crippen LogP contribution in [0.2, 0.25) is 0 Å². The molecule has 1 saturated heterocycles. The van der Waals surface area contributed by atoms with Gasteiger partial charge in [-0.25, -0.2) is 4.79 Å². The summed E-state index contributed by atoms with van der Waals surface area (Å²) in [7, 11) is 0. The number of likely N-dealkylation sites (tertiary alicyclic amines) is 1. The molecular formula is C14H15N3O4. The third-order valence-corrected chi connectivity index (χ3v) is 3.46. The van der Waals surface area contributed by atoms with Gasteiger partial charge in [-0.1, -0.05) is 0 Å². The van der Waals surface area contributed by atoms with Crippen LogP contribution in [0.15, 0.2) is 23.0 Å². The molecule has 21 heavy (non-hydrogen) atoms. The second-order valence-electron chi connectivity index (χ2n) is 4.98. The lowest BCUT2D eigenvalue weighted by atomic mass is 10.1. The fourth-order valence-electron chi connectivity index (χ4n) is 2.39. The molecule has 2 aromatic rings. The number of hydrogen-bond donors (Lipinski definition) is 2. The lowest BCUT2D eigenvalue weighted by Gasteiger charge is -2.25. The molecule has 0 radical (unpaired) electrons. The summed E-state index contributed by atoms with van der Waals surface area (Å²) < 4.78 is 5.21. The highest BCUT2D eigenvalue weighted by Gasteiger charge is 2.19. The van der Waals surface area contributed by atoms with Gasteiger partial charge in [-0.05, 0) is 25.3 Å². The number of aromatic nitrogens is 2. The highest BCUT2D eigenvalue weighted by Crippen LogP contribution is 2.22. The Labute approximate surface area is 120 Å². The van der Waals surface area contributed by atoms with E-state index in [9.17, 15) is 14.7 Å². The van der Waals surface area contributed by atoms with E-state index in [4.69, 9.17) is 4.74 Å². The van der Waals surface area contributed by atoms with Crippen LogP contribution < -0.4 is 10.3 Å². The summed E-state index contributed by atoms with van der Waals surface area (Å²) in [6.07, 6.45) is 2.63. The van der Waals surface area contributed by atoms with Crippen molar-refractivity contribution in [2.45, 2.75) is 19.3 Å². The van der Waals surface area contributed by atoms with E-state index in [1.165, 1.54) is 6.07 Å². The summed E-state index contributed by atoms with van der Waals surface area (Å²) >= 11 is 0. The molecular weight excluding hydrogens is 274 g/mol. The molecule has 0 saturated carbocycles. The molecule has 110 valence electrons. The first-order valence-electron chi connectivity index (χ1n) is 6.83. The number of ether oxygens (including phenoxy) is 1. The zero-order valence-electron chi connectivity index (χ0n) is 11.3. The van der Waals surface area contributed by atoms with E-state index in [0.717, 1.165) is 25.3 Å². The van der Waals surface area contributed by atoms with Gasteiger partial charge in [0.1, 0.15) is 11.4 Å². The number of fused-ring (bicyclic) bond motifs is 1. The molecule has 0 atom stereocenters. The van der Waals surface area contributed by atoms with Crippen LogP contribution in [0.25, 0.3) is 11.0 Å². The number of pyridine rings is 2. The minimum atomic E-state index is -0.466. The van der Waals surface area contributed by atoms with Crippen molar-refractivity contribution in [3.8, 4) is 11.6 Å². The predicted molar refractivity (Wildman–Crippen MR) is 75.5 cm³/mol. The monoisotopic (exact) mass is 289 g/mol. The number of hydrogen-bond acceptors (Lipinski definition) is 5. The highest BCUT2D eigenvalue weighted by molar-refractivity contribution is 5.82. The lowest BCUT2D eigenvalue weighted by Crippen LogP contribution is -2.37. The van der Waals surface area contributed by atoms with Gasteiger partial charge in [-0.3, -0.25) is 4.79 Å². The largest absolute Gasteiger partial charge is 0.507 e. The van der Waals surface area contributed by atoms with Gasteiger partial charge >= 0.3 is 6.09 Å². The first-order chi connectivity index (χ1) is 10.1. The smallest absolute Gasteiger partial charge is 0.416 e. The third-order valence-electron chi connectivity index (χ3n) is 3.46. The Bertz CT molecular complexity index is 735. The van der Waals surface area contributed by atoms with Crippen LogP contribution in [0.1, 0.15) is 19.3 Å². The Morgan fingerprint density at radius 2 is 2.05 bits per heavy atom.